The van der Waals surface area contributed by atoms with Crippen LogP contribution in [0.5, 0.6) is 0 Å². The summed E-state index contributed by atoms with van der Waals surface area (Å²) in [6, 6.07) is 5.16. The summed E-state index contributed by atoms with van der Waals surface area (Å²) in [5, 5.41) is 32.3. The first-order chi connectivity index (χ1) is 18.1. The Hall–Kier alpha value is -5.48. The maximum atomic E-state index is 12.4. The smallest absolute Gasteiger partial charge is 0.326 e. The van der Waals surface area contributed by atoms with Gasteiger partial charge < -0.3 is 31.9 Å². The van der Waals surface area contributed by atoms with E-state index >= 15 is 0 Å². The van der Waals surface area contributed by atoms with E-state index in [0.717, 1.165) is 5.69 Å². The zero-order valence-corrected chi connectivity index (χ0v) is 20.0. The van der Waals surface area contributed by atoms with Gasteiger partial charge in [-0.1, -0.05) is 0 Å². The summed E-state index contributed by atoms with van der Waals surface area (Å²) in [5.41, 5.74) is 13.7. The molecule has 0 unspecified atom stereocenters. The highest BCUT2D eigenvalue weighted by atomic mass is 16.4. The normalized spacial score (nSPS) is 11.2. The number of aromatic amines is 1. The first-order valence-electron chi connectivity index (χ1n) is 10.9. The largest absolute Gasteiger partial charge is 0.481 e. The van der Waals surface area contributed by atoms with E-state index in [1.165, 1.54) is 18.5 Å². The number of hydrogen-bond acceptors (Lipinski definition) is 13. The number of rotatable bonds is 9. The highest BCUT2D eigenvalue weighted by molar-refractivity contribution is 5.97. The second-order valence-corrected chi connectivity index (χ2v) is 7.76. The number of nitrogens with zero attached hydrogens (tertiary/aromatic N) is 8. The summed E-state index contributed by atoms with van der Waals surface area (Å²) in [4.78, 5) is 52.7. The highest BCUT2D eigenvalue weighted by Gasteiger charge is 2.21. The molecule has 0 aliphatic carbocycles. The molecule has 17 nitrogen and oxygen atoms in total. The molecule has 0 spiro atoms. The molecule has 198 valence electrons. The fraction of sp³-hybridized carbons (Fsp3) is 0.238. The molecule has 0 saturated heterocycles. The van der Waals surface area contributed by atoms with Gasteiger partial charge in [0.2, 0.25) is 5.95 Å². The summed E-state index contributed by atoms with van der Waals surface area (Å²) in [7, 11) is 1.82. The lowest BCUT2D eigenvalue weighted by Gasteiger charge is -2.19. The van der Waals surface area contributed by atoms with Gasteiger partial charge in [0.15, 0.2) is 17.0 Å². The Morgan fingerprint density at radius 2 is 1.84 bits per heavy atom. The van der Waals surface area contributed by atoms with E-state index in [1.807, 2.05) is 11.9 Å². The molecule has 0 aliphatic heterocycles. The van der Waals surface area contributed by atoms with Gasteiger partial charge in [0.05, 0.1) is 18.4 Å². The van der Waals surface area contributed by atoms with Crippen LogP contribution in [0.4, 0.5) is 17.5 Å². The van der Waals surface area contributed by atoms with Crippen LogP contribution in [0.1, 0.15) is 28.9 Å². The van der Waals surface area contributed by atoms with Crippen LogP contribution in [0, 0.1) is 0 Å². The molecule has 4 aromatic rings. The van der Waals surface area contributed by atoms with Crippen molar-refractivity contribution in [3.05, 3.63) is 48.0 Å². The summed E-state index contributed by atoms with van der Waals surface area (Å²) in [6.07, 6.45) is 2.37. The van der Waals surface area contributed by atoms with Gasteiger partial charge in [-0.05, 0) is 41.1 Å². The first-order valence-corrected chi connectivity index (χ1v) is 10.9. The van der Waals surface area contributed by atoms with Crippen molar-refractivity contribution >= 4 is 46.5 Å². The van der Waals surface area contributed by atoms with Gasteiger partial charge in [-0.3, -0.25) is 9.59 Å². The maximum absolute atomic E-state index is 12.4. The van der Waals surface area contributed by atoms with Crippen LogP contribution >= 0.6 is 0 Å². The van der Waals surface area contributed by atoms with Gasteiger partial charge in [0.25, 0.3) is 5.91 Å². The summed E-state index contributed by atoms with van der Waals surface area (Å²) < 4.78 is 0. The van der Waals surface area contributed by atoms with Crippen molar-refractivity contribution in [2.45, 2.75) is 25.4 Å². The number of nitrogen functional groups attached to an aromatic ring is 2. The van der Waals surface area contributed by atoms with Crippen molar-refractivity contribution in [3.8, 4) is 0 Å². The topological polar surface area (TPSA) is 265 Å². The number of carbonyl (C=O) groups is 3. The molecule has 3 heterocycles. The number of anilines is 3. The average molecular weight is 525 g/mol. The first kappa shape index (κ1) is 27.1. The van der Waals surface area contributed by atoms with Crippen LogP contribution < -0.4 is 21.7 Å². The molecule has 0 fully saturated rings. The molecule has 0 aliphatic rings. The molecule has 0 bridgehead atoms. The third kappa shape index (κ3) is 7.51. The molecule has 0 radical (unpaired) electrons. The Kier molecular flexibility index (Phi) is 8.90. The van der Waals surface area contributed by atoms with E-state index in [4.69, 9.17) is 16.6 Å². The Balaban J connectivity index is 0.000000715. The van der Waals surface area contributed by atoms with Crippen LogP contribution in [0.3, 0.4) is 0 Å². The number of amides is 1. The Bertz CT molecular complexity index is 1380. The molecule has 1 aromatic carbocycles. The van der Waals surface area contributed by atoms with Gasteiger partial charge >= 0.3 is 11.9 Å². The standard InChI is InChI=1S/C20H22N8O5.CH2N4/c1-28(9-11-8-23-17-15(24-11)16(21)26-20(22)27-17)12-4-2-10(3-5-12)18(31)25-13(19(32)33)6-7-14(29)30;1-2-4-5-3-1/h2-5,8,13H,6-7,9H2,1H3,(H,25,31)(H,29,30)(H,32,33)(H4,21,22,23,26,27);1H,(H,2,3,4,5)/t13-;/m0./s1. The van der Waals surface area contributed by atoms with Crippen molar-refractivity contribution in [2.24, 2.45) is 0 Å². The number of nitrogens with two attached hydrogens (primary N) is 2. The third-order valence-electron chi connectivity index (χ3n) is 4.99. The number of carboxylic acids is 2. The number of carboxylic acid groups (broad SMARTS) is 2. The predicted molar refractivity (Wildman–Crippen MR) is 132 cm³/mol. The van der Waals surface area contributed by atoms with Crippen molar-refractivity contribution < 1.29 is 24.6 Å². The van der Waals surface area contributed by atoms with Gasteiger partial charge in [-0.25, -0.2) is 19.9 Å². The Morgan fingerprint density at radius 1 is 1.11 bits per heavy atom. The molecule has 1 amide bonds. The number of benzene rings is 1. The lowest BCUT2D eigenvalue weighted by molar-refractivity contribution is -0.140. The molecule has 4 rings (SSSR count). The molecule has 3 aromatic heterocycles. The third-order valence-corrected chi connectivity index (χ3v) is 4.99. The second-order valence-electron chi connectivity index (χ2n) is 7.76. The molecular formula is C21H24N12O5. The van der Waals surface area contributed by atoms with Gasteiger partial charge in [-0.15, -0.1) is 5.10 Å². The lowest BCUT2D eigenvalue weighted by Crippen LogP contribution is -2.41. The number of fused-ring (bicyclic) bond motifs is 1. The predicted octanol–water partition coefficient (Wildman–Crippen LogP) is -0.532. The lowest BCUT2D eigenvalue weighted by atomic mass is 10.1. The fourth-order valence-corrected chi connectivity index (χ4v) is 3.16. The molecular weight excluding hydrogens is 500 g/mol. The zero-order valence-electron chi connectivity index (χ0n) is 20.0. The van der Waals surface area contributed by atoms with Crippen LogP contribution in [0.2, 0.25) is 0 Å². The van der Waals surface area contributed by atoms with Gasteiger partial charge in [0, 0.05) is 24.7 Å². The second kappa shape index (κ2) is 12.5. The van der Waals surface area contributed by atoms with E-state index < -0.39 is 23.9 Å². The minimum Gasteiger partial charge on any atom is -0.481 e. The molecule has 0 saturated carbocycles. The minimum absolute atomic E-state index is 0.0138. The van der Waals surface area contributed by atoms with E-state index in [0.29, 0.717) is 23.4 Å². The minimum atomic E-state index is -1.30. The SMILES string of the molecule is CN(Cc1cnc2nc(N)nc(N)c2n1)c1ccc(C(=O)N[C@@H](CCC(=O)O)C(=O)O)cc1.c1nnn[nH]1. The Labute approximate surface area is 214 Å². The van der Waals surface area contributed by atoms with Crippen LogP contribution in [0.25, 0.3) is 11.2 Å². The molecule has 8 N–H and O–H groups in total. The number of H-pyrrole nitrogens is 1. The quantitative estimate of drug-likeness (QED) is 0.161. The zero-order chi connectivity index (χ0) is 27.7. The van der Waals surface area contributed by atoms with Gasteiger partial charge in [-0.2, -0.15) is 9.97 Å². The van der Waals surface area contributed by atoms with E-state index in [2.05, 4.69) is 45.9 Å². The van der Waals surface area contributed by atoms with Crippen LogP contribution in [0.15, 0.2) is 36.8 Å². The van der Waals surface area contributed by atoms with E-state index in [9.17, 15) is 19.5 Å². The number of hydrogen-bond donors (Lipinski definition) is 6. The van der Waals surface area contributed by atoms with Crippen LogP contribution in [-0.2, 0) is 16.1 Å². The average Bonchev–Trinajstić information content (AvgIpc) is 3.47. The van der Waals surface area contributed by atoms with E-state index in [1.54, 1.807) is 18.3 Å². The number of nitrogens with one attached hydrogen (secondary N) is 2. The summed E-state index contributed by atoms with van der Waals surface area (Å²) in [5.74, 6) is -2.91. The summed E-state index contributed by atoms with van der Waals surface area (Å²) in [6.45, 7) is 0.370. The van der Waals surface area contributed by atoms with Crippen LogP contribution in [-0.4, -0.2) is 81.7 Å². The van der Waals surface area contributed by atoms with Crippen molar-refractivity contribution in [2.75, 3.05) is 23.4 Å². The maximum Gasteiger partial charge on any atom is 0.326 e. The molecule has 1 atom stereocenters. The summed E-state index contributed by atoms with van der Waals surface area (Å²) >= 11 is 0. The number of tetrazole rings is 1. The van der Waals surface area contributed by atoms with Crippen molar-refractivity contribution in [3.63, 3.8) is 0 Å². The Morgan fingerprint density at radius 3 is 2.42 bits per heavy atom. The van der Waals surface area contributed by atoms with Crippen molar-refractivity contribution in [1.82, 2.24) is 45.9 Å². The fourth-order valence-electron chi connectivity index (χ4n) is 3.16. The van der Waals surface area contributed by atoms with Gasteiger partial charge in [0.1, 0.15) is 12.4 Å². The molecule has 38 heavy (non-hydrogen) atoms. The van der Waals surface area contributed by atoms with Crippen molar-refractivity contribution in [1.29, 1.82) is 0 Å². The number of aliphatic carboxylic acids is 2. The number of aromatic nitrogens is 8. The number of carbonyl (C=O) groups excluding carboxylic acids is 1. The monoisotopic (exact) mass is 524 g/mol. The van der Waals surface area contributed by atoms with E-state index in [-0.39, 0.29) is 30.2 Å². The molecule has 17 heteroatoms. The highest BCUT2D eigenvalue weighted by Crippen LogP contribution is 2.19.